The predicted octanol–water partition coefficient (Wildman–Crippen LogP) is 7.36. The van der Waals surface area contributed by atoms with Gasteiger partial charge in [0.15, 0.2) is 0 Å². The van der Waals surface area contributed by atoms with Crippen molar-refractivity contribution in [1.82, 2.24) is 0 Å². The molecule has 0 saturated heterocycles. The van der Waals surface area contributed by atoms with Crippen LogP contribution < -0.4 is 0 Å². The standard InChI is InChI=1S/C24H42O3S.Na/c1-2-3-4-5-6-7-8-9-10-11-12-13-14-15-16-17-20-23-21-18-19-22-24(23)28(25,26)27;/h18-19,21-22H,2-17,20H2,1H3,(H,25,26,27);. The number of aryl methyl sites for hydroxylation is 1. The van der Waals surface area contributed by atoms with Gasteiger partial charge in [-0.05, 0) is 24.5 Å². The minimum absolute atomic E-state index is 0. The molecule has 163 valence electrons. The maximum absolute atomic E-state index is 11.4. The first-order valence-corrected chi connectivity index (χ1v) is 13.0. The third-order valence-corrected chi connectivity index (χ3v) is 6.50. The molecular weight excluding hydrogens is 391 g/mol. The van der Waals surface area contributed by atoms with Crippen LogP contribution in [0.15, 0.2) is 29.2 Å². The molecule has 0 bridgehead atoms. The molecule has 0 spiro atoms. The zero-order valence-electron chi connectivity index (χ0n) is 19.0. The van der Waals surface area contributed by atoms with Crippen molar-refractivity contribution in [2.24, 2.45) is 0 Å². The van der Waals surface area contributed by atoms with E-state index >= 15 is 0 Å². The molecule has 1 aromatic rings. The van der Waals surface area contributed by atoms with Crippen LogP contribution in [0.25, 0.3) is 0 Å². The summed E-state index contributed by atoms with van der Waals surface area (Å²) in [7, 11) is -4.11. The predicted molar refractivity (Wildman–Crippen MR) is 125 cm³/mol. The van der Waals surface area contributed by atoms with Crippen LogP contribution in [0.2, 0.25) is 0 Å². The largest absolute Gasteiger partial charge is 0.294 e. The smallest absolute Gasteiger partial charge is 0.282 e. The summed E-state index contributed by atoms with van der Waals surface area (Å²) < 4.78 is 32.0. The Labute approximate surface area is 202 Å². The van der Waals surface area contributed by atoms with Crippen molar-refractivity contribution in [2.45, 2.75) is 121 Å². The Morgan fingerprint density at radius 1 is 0.655 bits per heavy atom. The Bertz CT molecular complexity index is 602. The van der Waals surface area contributed by atoms with Crippen LogP contribution >= 0.6 is 0 Å². The van der Waals surface area contributed by atoms with Gasteiger partial charge in [0.1, 0.15) is 0 Å². The van der Waals surface area contributed by atoms with E-state index in [1.54, 1.807) is 12.1 Å². The van der Waals surface area contributed by atoms with Crippen molar-refractivity contribution in [2.75, 3.05) is 0 Å². The average molecular weight is 434 g/mol. The molecule has 0 atom stereocenters. The molecule has 0 fully saturated rings. The molecule has 0 aliphatic heterocycles. The van der Waals surface area contributed by atoms with E-state index in [-0.39, 0.29) is 34.5 Å². The monoisotopic (exact) mass is 433 g/mol. The van der Waals surface area contributed by atoms with E-state index in [9.17, 15) is 13.0 Å². The minimum Gasteiger partial charge on any atom is -0.282 e. The molecule has 0 unspecified atom stereocenters. The fraction of sp³-hybridized carbons (Fsp3) is 0.750. The van der Waals surface area contributed by atoms with Gasteiger partial charge in [-0.15, -0.1) is 0 Å². The number of hydrogen-bond donors (Lipinski definition) is 1. The van der Waals surface area contributed by atoms with Crippen LogP contribution in [-0.2, 0) is 16.5 Å². The molecule has 0 heterocycles. The number of unbranched alkanes of at least 4 members (excludes halogenated alkanes) is 15. The molecule has 1 rings (SSSR count). The average Bonchev–Trinajstić information content (AvgIpc) is 2.67. The van der Waals surface area contributed by atoms with Gasteiger partial charge in [-0.3, -0.25) is 4.55 Å². The second-order valence-electron chi connectivity index (χ2n) is 8.14. The molecule has 1 N–H and O–H groups in total. The van der Waals surface area contributed by atoms with Crippen LogP contribution in [0.5, 0.6) is 0 Å². The van der Waals surface area contributed by atoms with Gasteiger partial charge in [-0.25, -0.2) is 0 Å². The third kappa shape index (κ3) is 15.6. The second-order valence-corrected chi connectivity index (χ2v) is 9.53. The first kappa shape index (κ1) is 29.1. The van der Waals surface area contributed by atoms with Gasteiger partial charge < -0.3 is 0 Å². The van der Waals surface area contributed by atoms with E-state index in [2.05, 4.69) is 6.92 Å². The number of rotatable bonds is 18. The van der Waals surface area contributed by atoms with E-state index in [4.69, 9.17) is 0 Å². The van der Waals surface area contributed by atoms with E-state index in [0.29, 0.717) is 6.42 Å². The van der Waals surface area contributed by atoms with Crippen LogP contribution in [0.3, 0.4) is 0 Å². The van der Waals surface area contributed by atoms with Crippen molar-refractivity contribution < 1.29 is 13.0 Å². The van der Waals surface area contributed by atoms with Crippen LogP contribution in [0.1, 0.15) is 115 Å². The molecule has 0 amide bonds. The molecule has 3 nitrogen and oxygen atoms in total. The maximum Gasteiger partial charge on any atom is 0.294 e. The van der Waals surface area contributed by atoms with E-state index in [0.717, 1.165) is 18.4 Å². The van der Waals surface area contributed by atoms with Gasteiger partial charge in [0, 0.05) is 29.6 Å². The summed E-state index contributed by atoms with van der Waals surface area (Å²) in [5.74, 6) is 0. The first-order valence-electron chi connectivity index (χ1n) is 11.6. The quantitative estimate of drug-likeness (QED) is 0.149. The van der Waals surface area contributed by atoms with Crippen molar-refractivity contribution >= 4 is 39.7 Å². The molecule has 0 aromatic heterocycles. The molecule has 0 saturated carbocycles. The van der Waals surface area contributed by atoms with Crippen LogP contribution in [-0.4, -0.2) is 42.5 Å². The normalized spacial score (nSPS) is 11.4. The molecule has 1 aromatic carbocycles. The molecule has 0 aliphatic rings. The van der Waals surface area contributed by atoms with Gasteiger partial charge in [0.25, 0.3) is 10.1 Å². The van der Waals surface area contributed by atoms with Gasteiger partial charge in [-0.1, -0.05) is 121 Å². The Kier molecular flexibility index (Phi) is 18.9. The van der Waals surface area contributed by atoms with Crippen molar-refractivity contribution in [3.63, 3.8) is 0 Å². The Hall–Kier alpha value is 0.130. The summed E-state index contributed by atoms with van der Waals surface area (Å²) in [6.45, 7) is 2.27. The Balaban J connectivity index is 0.00000784. The minimum atomic E-state index is -4.11. The van der Waals surface area contributed by atoms with Gasteiger partial charge in [0.2, 0.25) is 0 Å². The number of hydrogen-bond acceptors (Lipinski definition) is 2. The summed E-state index contributed by atoms with van der Waals surface area (Å²) in [4.78, 5) is 0.0657. The summed E-state index contributed by atoms with van der Waals surface area (Å²) in [6.07, 6.45) is 22.0. The molecule has 29 heavy (non-hydrogen) atoms. The topological polar surface area (TPSA) is 54.4 Å². The Morgan fingerprint density at radius 3 is 1.45 bits per heavy atom. The van der Waals surface area contributed by atoms with Crippen molar-refractivity contribution in [3.05, 3.63) is 29.8 Å². The molecule has 0 aliphatic carbocycles. The fourth-order valence-corrected chi connectivity index (χ4v) is 4.58. The molecule has 1 radical (unpaired) electrons. The summed E-state index contributed by atoms with van der Waals surface area (Å²) in [5.41, 5.74) is 0.732. The van der Waals surface area contributed by atoms with E-state index < -0.39 is 10.1 Å². The van der Waals surface area contributed by atoms with Crippen LogP contribution in [0, 0.1) is 0 Å². The van der Waals surface area contributed by atoms with E-state index in [1.165, 1.54) is 96.0 Å². The SMILES string of the molecule is CCCCCCCCCCCCCCCCCCc1ccccc1S(=O)(=O)O.[Na]. The summed E-state index contributed by atoms with van der Waals surface area (Å²) >= 11 is 0. The van der Waals surface area contributed by atoms with Gasteiger partial charge in [0.05, 0.1) is 4.90 Å². The second kappa shape index (κ2) is 18.9. The summed E-state index contributed by atoms with van der Waals surface area (Å²) in [6, 6.07) is 6.77. The van der Waals surface area contributed by atoms with Gasteiger partial charge >= 0.3 is 0 Å². The molecule has 5 heteroatoms. The van der Waals surface area contributed by atoms with Gasteiger partial charge in [-0.2, -0.15) is 8.42 Å². The number of benzene rings is 1. The van der Waals surface area contributed by atoms with E-state index in [1.807, 2.05) is 6.07 Å². The third-order valence-electron chi connectivity index (χ3n) is 5.55. The Morgan fingerprint density at radius 2 is 1.03 bits per heavy atom. The first-order chi connectivity index (χ1) is 13.6. The fourth-order valence-electron chi connectivity index (χ4n) is 3.83. The summed E-state index contributed by atoms with van der Waals surface area (Å²) in [5, 5.41) is 0. The van der Waals surface area contributed by atoms with Crippen molar-refractivity contribution in [1.29, 1.82) is 0 Å². The zero-order chi connectivity index (χ0) is 20.5. The zero-order valence-corrected chi connectivity index (χ0v) is 21.8. The maximum atomic E-state index is 11.4. The van der Waals surface area contributed by atoms with Crippen molar-refractivity contribution in [3.8, 4) is 0 Å². The molecular formula is C24H42NaO3S. The van der Waals surface area contributed by atoms with Crippen LogP contribution in [0.4, 0.5) is 0 Å².